The molecule has 0 bridgehead atoms. The number of pyridine rings is 1. The fourth-order valence-corrected chi connectivity index (χ4v) is 2.69. The van der Waals surface area contributed by atoms with Crippen molar-refractivity contribution in [3.63, 3.8) is 0 Å². The second kappa shape index (κ2) is 7.17. The van der Waals surface area contributed by atoms with Gasteiger partial charge in [-0.15, -0.1) is 0 Å². The molecule has 1 amide bonds. The van der Waals surface area contributed by atoms with Gasteiger partial charge in [-0.1, -0.05) is 0 Å². The molecule has 3 rings (SSSR count). The van der Waals surface area contributed by atoms with E-state index in [1.165, 1.54) is 6.42 Å². The van der Waals surface area contributed by atoms with Crippen LogP contribution in [0.4, 0.5) is 5.82 Å². The first kappa shape index (κ1) is 14.7. The third-order valence-corrected chi connectivity index (χ3v) is 3.94. The summed E-state index contributed by atoms with van der Waals surface area (Å²) in [6.07, 6.45) is 8.07. The number of aromatic nitrogens is 3. The van der Waals surface area contributed by atoms with Gasteiger partial charge in [0, 0.05) is 31.1 Å². The van der Waals surface area contributed by atoms with Gasteiger partial charge in [-0.3, -0.25) is 14.5 Å². The fraction of sp³-hybridized carbons (Fsp3) is 0.438. The second-order valence-electron chi connectivity index (χ2n) is 5.70. The number of hydrogen-bond donors (Lipinski definition) is 2. The molecule has 1 atom stereocenters. The molecular formula is C16H21N5O. The Hall–Kier alpha value is -2.21. The van der Waals surface area contributed by atoms with Crippen LogP contribution in [0.1, 0.15) is 24.8 Å². The fourth-order valence-electron chi connectivity index (χ4n) is 2.69. The number of rotatable bonds is 6. The molecule has 0 radical (unpaired) electrons. The summed E-state index contributed by atoms with van der Waals surface area (Å²) in [5.41, 5.74) is 1.13. The maximum absolute atomic E-state index is 11.9. The van der Waals surface area contributed by atoms with E-state index in [4.69, 9.17) is 0 Å². The molecule has 1 fully saturated rings. The molecule has 3 heterocycles. The highest BCUT2D eigenvalue weighted by atomic mass is 16.1. The standard InChI is InChI=1S/C16H21N5O/c22-16(2-1-13-3-9-18-11-13)19-15-6-10-21(20-15)12-14-4-7-17-8-5-14/h4-8,10,13,18H,1-3,9,11-12H2,(H,19,20,22). The van der Waals surface area contributed by atoms with Gasteiger partial charge in [0.15, 0.2) is 5.82 Å². The van der Waals surface area contributed by atoms with Crippen molar-refractivity contribution in [1.82, 2.24) is 20.1 Å². The van der Waals surface area contributed by atoms with Crippen molar-refractivity contribution in [2.45, 2.75) is 25.8 Å². The van der Waals surface area contributed by atoms with Crippen molar-refractivity contribution < 1.29 is 4.79 Å². The van der Waals surface area contributed by atoms with Crippen LogP contribution in [0.5, 0.6) is 0 Å². The van der Waals surface area contributed by atoms with E-state index < -0.39 is 0 Å². The Balaban J connectivity index is 1.47. The molecule has 0 aliphatic carbocycles. The van der Waals surface area contributed by atoms with Gasteiger partial charge in [-0.2, -0.15) is 5.10 Å². The van der Waals surface area contributed by atoms with Gasteiger partial charge in [0.05, 0.1) is 6.54 Å². The number of carbonyl (C=O) groups is 1. The zero-order valence-corrected chi connectivity index (χ0v) is 12.5. The van der Waals surface area contributed by atoms with Crippen LogP contribution in [-0.4, -0.2) is 33.8 Å². The highest BCUT2D eigenvalue weighted by Gasteiger charge is 2.16. The monoisotopic (exact) mass is 299 g/mol. The molecule has 2 N–H and O–H groups in total. The lowest BCUT2D eigenvalue weighted by Gasteiger charge is -2.07. The van der Waals surface area contributed by atoms with Crippen LogP contribution in [0.2, 0.25) is 0 Å². The summed E-state index contributed by atoms with van der Waals surface area (Å²) in [4.78, 5) is 15.9. The third kappa shape index (κ3) is 4.14. The second-order valence-corrected chi connectivity index (χ2v) is 5.70. The molecule has 116 valence electrons. The lowest BCUT2D eigenvalue weighted by atomic mass is 10.0. The summed E-state index contributed by atoms with van der Waals surface area (Å²) in [7, 11) is 0. The Morgan fingerprint density at radius 2 is 2.23 bits per heavy atom. The van der Waals surface area contributed by atoms with E-state index in [-0.39, 0.29) is 5.91 Å². The van der Waals surface area contributed by atoms with Gasteiger partial charge in [-0.25, -0.2) is 0 Å². The quantitative estimate of drug-likeness (QED) is 0.851. The van der Waals surface area contributed by atoms with E-state index in [2.05, 4.69) is 20.7 Å². The van der Waals surface area contributed by atoms with Gasteiger partial charge in [0.1, 0.15) is 0 Å². The maximum atomic E-state index is 11.9. The Bertz CT molecular complexity index is 604. The van der Waals surface area contributed by atoms with Crippen molar-refractivity contribution in [3.8, 4) is 0 Å². The van der Waals surface area contributed by atoms with Crippen LogP contribution in [0.3, 0.4) is 0 Å². The molecule has 1 aliphatic rings. The highest BCUT2D eigenvalue weighted by molar-refractivity contribution is 5.89. The van der Waals surface area contributed by atoms with Crippen LogP contribution in [0.15, 0.2) is 36.8 Å². The Kier molecular flexibility index (Phi) is 4.80. The van der Waals surface area contributed by atoms with Crippen molar-refractivity contribution >= 4 is 11.7 Å². The van der Waals surface area contributed by atoms with Gasteiger partial charge < -0.3 is 10.6 Å². The highest BCUT2D eigenvalue weighted by Crippen LogP contribution is 2.15. The van der Waals surface area contributed by atoms with E-state index in [0.29, 0.717) is 24.7 Å². The van der Waals surface area contributed by atoms with E-state index in [1.54, 1.807) is 12.4 Å². The first-order chi connectivity index (χ1) is 10.8. The molecule has 1 saturated heterocycles. The van der Waals surface area contributed by atoms with Crippen molar-refractivity contribution in [3.05, 3.63) is 42.4 Å². The molecule has 2 aromatic heterocycles. The van der Waals surface area contributed by atoms with Crippen LogP contribution in [0.25, 0.3) is 0 Å². The predicted octanol–water partition coefficient (Wildman–Crippen LogP) is 1.65. The summed E-state index contributed by atoms with van der Waals surface area (Å²) >= 11 is 0. The lowest BCUT2D eigenvalue weighted by Crippen LogP contribution is -2.15. The number of carbonyl (C=O) groups excluding carboxylic acids is 1. The van der Waals surface area contributed by atoms with Crippen LogP contribution in [-0.2, 0) is 11.3 Å². The van der Waals surface area contributed by atoms with Crippen molar-refractivity contribution in [2.75, 3.05) is 18.4 Å². The van der Waals surface area contributed by atoms with E-state index in [9.17, 15) is 4.79 Å². The topological polar surface area (TPSA) is 71.8 Å². The first-order valence-corrected chi connectivity index (χ1v) is 7.72. The summed E-state index contributed by atoms with van der Waals surface area (Å²) in [5, 5.41) is 10.6. The molecule has 6 heteroatoms. The Labute approximate surface area is 129 Å². The van der Waals surface area contributed by atoms with Gasteiger partial charge in [0.25, 0.3) is 0 Å². The average molecular weight is 299 g/mol. The summed E-state index contributed by atoms with van der Waals surface area (Å²) in [6, 6.07) is 5.74. The summed E-state index contributed by atoms with van der Waals surface area (Å²) in [5.74, 6) is 1.29. The van der Waals surface area contributed by atoms with Crippen LogP contribution >= 0.6 is 0 Å². The minimum atomic E-state index is 0.0426. The minimum Gasteiger partial charge on any atom is -0.316 e. The van der Waals surface area contributed by atoms with Gasteiger partial charge in [-0.05, 0) is 49.5 Å². The molecule has 6 nitrogen and oxygen atoms in total. The molecule has 2 aromatic rings. The number of anilines is 1. The Morgan fingerprint density at radius 3 is 3.00 bits per heavy atom. The zero-order valence-electron chi connectivity index (χ0n) is 12.5. The van der Waals surface area contributed by atoms with E-state index in [0.717, 1.165) is 25.1 Å². The number of hydrogen-bond acceptors (Lipinski definition) is 4. The Morgan fingerprint density at radius 1 is 1.36 bits per heavy atom. The normalized spacial score (nSPS) is 17.5. The zero-order chi connectivity index (χ0) is 15.2. The van der Waals surface area contributed by atoms with E-state index >= 15 is 0 Å². The van der Waals surface area contributed by atoms with Gasteiger partial charge in [0.2, 0.25) is 5.91 Å². The van der Waals surface area contributed by atoms with Crippen molar-refractivity contribution in [1.29, 1.82) is 0 Å². The summed E-state index contributed by atoms with van der Waals surface area (Å²) in [6.45, 7) is 2.78. The first-order valence-electron chi connectivity index (χ1n) is 7.72. The molecule has 0 spiro atoms. The number of amides is 1. The minimum absolute atomic E-state index is 0.0426. The lowest BCUT2D eigenvalue weighted by molar-refractivity contribution is -0.116. The third-order valence-electron chi connectivity index (χ3n) is 3.94. The molecule has 1 aliphatic heterocycles. The SMILES string of the molecule is O=C(CCC1CCNC1)Nc1ccn(Cc2ccncc2)n1. The molecular weight excluding hydrogens is 278 g/mol. The number of nitrogens with zero attached hydrogens (tertiary/aromatic N) is 3. The molecule has 22 heavy (non-hydrogen) atoms. The molecule has 0 saturated carbocycles. The average Bonchev–Trinajstić information content (AvgIpc) is 3.18. The van der Waals surface area contributed by atoms with Crippen LogP contribution in [0, 0.1) is 5.92 Å². The molecule has 1 unspecified atom stereocenters. The summed E-state index contributed by atoms with van der Waals surface area (Å²) < 4.78 is 1.81. The van der Waals surface area contributed by atoms with Crippen molar-refractivity contribution in [2.24, 2.45) is 5.92 Å². The maximum Gasteiger partial charge on any atom is 0.225 e. The largest absolute Gasteiger partial charge is 0.316 e. The molecule has 0 aromatic carbocycles. The van der Waals surface area contributed by atoms with E-state index in [1.807, 2.05) is 29.1 Å². The van der Waals surface area contributed by atoms with Crippen LogP contribution < -0.4 is 10.6 Å². The number of nitrogens with one attached hydrogen (secondary N) is 2. The van der Waals surface area contributed by atoms with Gasteiger partial charge >= 0.3 is 0 Å². The predicted molar refractivity (Wildman–Crippen MR) is 84.4 cm³/mol. The smallest absolute Gasteiger partial charge is 0.225 e.